The number of nitrogens with two attached hydrogens (primary N) is 1. The minimum Gasteiger partial charge on any atom is -0.490 e. The van der Waals surface area contributed by atoms with Crippen molar-refractivity contribution < 1.29 is 17.5 Å². The van der Waals surface area contributed by atoms with E-state index in [1.807, 2.05) is 19.9 Å². The van der Waals surface area contributed by atoms with Gasteiger partial charge in [-0.2, -0.15) is 5.26 Å². The lowest BCUT2D eigenvalue weighted by Crippen LogP contribution is -2.30. The van der Waals surface area contributed by atoms with E-state index in [2.05, 4.69) is 0 Å². The summed E-state index contributed by atoms with van der Waals surface area (Å²) in [6.07, 6.45) is 0. The zero-order valence-corrected chi connectivity index (χ0v) is 12.2. The molecule has 20 heavy (non-hydrogen) atoms. The van der Waals surface area contributed by atoms with Crippen molar-refractivity contribution in [1.29, 1.82) is 5.26 Å². The van der Waals surface area contributed by atoms with Crippen LogP contribution in [-0.2, 0) is 10.0 Å². The lowest BCUT2D eigenvalue weighted by atomic mass is 9.99. The van der Waals surface area contributed by atoms with Crippen LogP contribution in [0.1, 0.15) is 19.4 Å². The highest BCUT2D eigenvalue weighted by Crippen LogP contribution is 2.21. The number of hydrogen-bond acceptors (Lipinski definition) is 4. The van der Waals surface area contributed by atoms with E-state index >= 15 is 0 Å². The standard InChI is InChI=1S/C13H17FN2O3S/c1-9(2)11(8-20(16,17)18)7-19-13-4-3-10(6-15)5-12(13)14/h3-5,9,11H,7-8H2,1-2H3,(H2,16,17,18). The number of rotatable bonds is 6. The molecule has 0 heterocycles. The quantitative estimate of drug-likeness (QED) is 0.864. The largest absolute Gasteiger partial charge is 0.490 e. The van der Waals surface area contributed by atoms with Crippen LogP contribution in [0.5, 0.6) is 5.75 Å². The second-order valence-electron chi connectivity index (χ2n) is 4.90. The molecule has 0 saturated heterocycles. The molecule has 0 aliphatic carbocycles. The number of nitrogens with zero attached hydrogens (tertiary/aromatic N) is 1. The number of halogens is 1. The number of ether oxygens (including phenoxy) is 1. The van der Waals surface area contributed by atoms with Gasteiger partial charge in [-0.15, -0.1) is 0 Å². The Balaban J connectivity index is 2.76. The second-order valence-corrected chi connectivity index (χ2v) is 6.56. The lowest BCUT2D eigenvalue weighted by Gasteiger charge is -2.20. The Kier molecular flexibility index (Phi) is 5.48. The topological polar surface area (TPSA) is 93.2 Å². The molecule has 0 amide bonds. The molecule has 110 valence electrons. The molecule has 0 bridgehead atoms. The first-order chi connectivity index (χ1) is 9.23. The van der Waals surface area contributed by atoms with Crippen molar-refractivity contribution in [3.05, 3.63) is 29.6 Å². The summed E-state index contributed by atoms with van der Waals surface area (Å²) in [4.78, 5) is 0. The second kappa shape index (κ2) is 6.68. The smallest absolute Gasteiger partial charge is 0.209 e. The molecule has 0 aliphatic rings. The molecule has 1 aromatic carbocycles. The molecule has 2 N–H and O–H groups in total. The Bertz CT molecular complexity index is 609. The average molecular weight is 300 g/mol. The van der Waals surface area contributed by atoms with E-state index in [1.165, 1.54) is 12.1 Å². The van der Waals surface area contributed by atoms with Crippen molar-refractivity contribution in [3.63, 3.8) is 0 Å². The molecule has 5 nitrogen and oxygen atoms in total. The van der Waals surface area contributed by atoms with Gasteiger partial charge in [-0.3, -0.25) is 0 Å². The molecule has 0 saturated carbocycles. The van der Waals surface area contributed by atoms with Crippen LogP contribution < -0.4 is 9.88 Å². The summed E-state index contributed by atoms with van der Waals surface area (Å²) < 4.78 is 41.1. The van der Waals surface area contributed by atoms with E-state index in [1.54, 1.807) is 0 Å². The van der Waals surface area contributed by atoms with Crippen LogP contribution in [0, 0.1) is 29.0 Å². The number of sulfonamides is 1. The summed E-state index contributed by atoms with van der Waals surface area (Å²) in [5.41, 5.74) is 0.194. The Morgan fingerprint density at radius 1 is 1.45 bits per heavy atom. The fourth-order valence-corrected chi connectivity index (χ4v) is 2.69. The predicted molar refractivity (Wildman–Crippen MR) is 72.9 cm³/mol. The Morgan fingerprint density at radius 3 is 2.55 bits per heavy atom. The van der Waals surface area contributed by atoms with Gasteiger partial charge in [-0.1, -0.05) is 13.8 Å². The zero-order chi connectivity index (χ0) is 15.3. The SMILES string of the molecule is CC(C)C(COc1ccc(C#N)cc1F)CS(N)(=O)=O. The minimum atomic E-state index is -3.61. The maximum Gasteiger partial charge on any atom is 0.209 e. The predicted octanol–water partition coefficient (Wildman–Crippen LogP) is 1.64. The fourth-order valence-electron chi connectivity index (χ4n) is 1.62. The maximum atomic E-state index is 13.6. The van der Waals surface area contributed by atoms with Crippen LogP contribution in [-0.4, -0.2) is 20.8 Å². The van der Waals surface area contributed by atoms with Gasteiger partial charge in [0.2, 0.25) is 10.0 Å². The highest BCUT2D eigenvalue weighted by molar-refractivity contribution is 7.89. The van der Waals surface area contributed by atoms with Crippen LogP contribution in [0.3, 0.4) is 0 Å². The van der Waals surface area contributed by atoms with E-state index in [4.69, 9.17) is 15.1 Å². The van der Waals surface area contributed by atoms with Gasteiger partial charge in [-0.05, 0) is 24.1 Å². The summed E-state index contributed by atoms with van der Waals surface area (Å²) in [6, 6.07) is 5.67. The first kappa shape index (κ1) is 16.4. The molecular formula is C13H17FN2O3S. The Morgan fingerprint density at radius 2 is 2.10 bits per heavy atom. The van der Waals surface area contributed by atoms with E-state index < -0.39 is 15.8 Å². The molecule has 0 aliphatic heterocycles. The maximum absolute atomic E-state index is 13.6. The van der Waals surface area contributed by atoms with Crippen LogP contribution in [0.2, 0.25) is 0 Å². The van der Waals surface area contributed by atoms with Gasteiger partial charge < -0.3 is 4.74 Å². The highest BCUT2D eigenvalue weighted by atomic mass is 32.2. The highest BCUT2D eigenvalue weighted by Gasteiger charge is 2.20. The van der Waals surface area contributed by atoms with Gasteiger partial charge in [0.25, 0.3) is 0 Å². The third-order valence-corrected chi connectivity index (χ3v) is 3.80. The van der Waals surface area contributed by atoms with Crippen molar-refractivity contribution in [2.24, 2.45) is 17.0 Å². The van der Waals surface area contributed by atoms with Crippen LogP contribution in [0.4, 0.5) is 4.39 Å². The first-order valence-electron chi connectivity index (χ1n) is 6.06. The molecular weight excluding hydrogens is 283 g/mol. The van der Waals surface area contributed by atoms with Gasteiger partial charge in [-0.25, -0.2) is 17.9 Å². The van der Waals surface area contributed by atoms with Crippen molar-refractivity contribution in [2.75, 3.05) is 12.4 Å². The molecule has 0 fully saturated rings. The van der Waals surface area contributed by atoms with E-state index in [0.29, 0.717) is 0 Å². The van der Waals surface area contributed by atoms with Gasteiger partial charge in [0.1, 0.15) is 0 Å². The van der Waals surface area contributed by atoms with Gasteiger partial charge >= 0.3 is 0 Å². The number of primary sulfonamides is 1. The van der Waals surface area contributed by atoms with Crippen molar-refractivity contribution in [2.45, 2.75) is 13.8 Å². The first-order valence-corrected chi connectivity index (χ1v) is 7.77. The summed E-state index contributed by atoms with van der Waals surface area (Å²) in [5, 5.41) is 13.7. The number of nitriles is 1. The Hall–Kier alpha value is -1.65. The monoisotopic (exact) mass is 300 g/mol. The van der Waals surface area contributed by atoms with Crippen molar-refractivity contribution in [3.8, 4) is 11.8 Å². The molecule has 0 aromatic heterocycles. The fraction of sp³-hybridized carbons (Fsp3) is 0.462. The van der Waals surface area contributed by atoms with Gasteiger partial charge in [0.05, 0.1) is 24.0 Å². The summed E-state index contributed by atoms with van der Waals surface area (Å²) in [5.74, 6) is -1.19. The molecule has 1 aromatic rings. The molecule has 0 spiro atoms. The third-order valence-electron chi connectivity index (χ3n) is 2.90. The molecule has 1 unspecified atom stereocenters. The van der Waals surface area contributed by atoms with E-state index in [-0.39, 0.29) is 35.5 Å². The van der Waals surface area contributed by atoms with Crippen molar-refractivity contribution in [1.82, 2.24) is 0 Å². The third kappa shape index (κ3) is 5.15. The molecule has 0 radical (unpaired) electrons. The van der Waals surface area contributed by atoms with Crippen molar-refractivity contribution >= 4 is 10.0 Å². The van der Waals surface area contributed by atoms with Crippen LogP contribution in [0.25, 0.3) is 0 Å². The normalized spacial score (nSPS) is 13.0. The zero-order valence-electron chi connectivity index (χ0n) is 11.3. The average Bonchev–Trinajstić information content (AvgIpc) is 2.33. The summed E-state index contributed by atoms with van der Waals surface area (Å²) >= 11 is 0. The number of hydrogen-bond donors (Lipinski definition) is 1. The Labute approximate surface area is 118 Å². The molecule has 1 atom stereocenters. The van der Waals surface area contributed by atoms with Gasteiger partial charge in [0, 0.05) is 5.92 Å². The number of benzene rings is 1. The van der Waals surface area contributed by atoms with Gasteiger partial charge in [0.15, 0.2) is 11.6 Å². The molecule has 7 heteroatoms. The lowest BCUT2D eigenvalue weighted by molar-refractivity contribution is 0.217. The van der Waals surface area contributed by atoms with E-state index in [9.17, 15) is 12.8 Å². The summed E-state index contributed by atoms with van der Waals surface area (Å²) in [6.45, 7) is 3.72. The molecule has 1 rings (SSSR count). The summed E-state index contributed by atoms with van der Waals surface area (Å²) in [7, 11) is -3.61. The minimum absolute atomic E-state index is 0.0101. The van der Waals surface area contributed by atoms with E-state index in [0.717, 1.165) is 6.07 Å². The van der Waals surface area contributed by atoms with Crippen LogP contribution >= 0.6 is 0 Å². The van der Waals surface area contributed by atoms with Crippen LogP contribution in [0.15, 0.2) is 18.2 Å².